The van der Waals surface area contributed by atoms with Crippen molar-refractivity contribution in [3.05, 3.63) is 0 Å². The monoisotopic (exact) mass is 397 g/mol. The summed E-state index contributed by atoms with van der Waals surface area (Å²) in [6, 6.07) is 2.61. The highest BCUT2D eigenvalue weighted by Crippen LogP contribution is 2.68. The van der Waals surface area contributed by atoms with E-state index in [1.54, 1.807) is 0 Å². The number of nitrogens with zero attached hydrogens (tertiary/aromatic N) is 1. The van der Waals surface area contributed by atoms with Gasteiger partial charge < -0.3 is 0 Å². The van der Waals surface area contributed by atoms with Crippen LogP contribution in [-0.4, -0.2) is 0 Å². The summed E-state index contributed by atoms with van der Waals surface area (Å²) in [6.07, 6.45) is 16.9. The lowest BCUT2D eigenvalue weighted by Crippen LogP contribution is -2.53. The van der Waals surface area contributed by atoms with Gasteiger partial charge in [-0.05, 0) is 110 Å². The fraction of sp³-hybridized carbons (Fsp3) is 0.964. The molecule has 4 saturated carbocycles. The minimum Gasteiger partial charge on any atom is -0.198 e. The first-order valence-corrected chi connectivity index (χ1v) is 13.2. The van der Waals surface area contributed by atoms with E-state index in [0.29, 0.717) is 16.7 Å². The van der Waals surface area contributed by atoms with E-state index in [9.17, 15) is 5.26 Å². The Morgan fingerprint density at radius 1 is 0.862 bits per heavy atom. The van der Waals surface area contributed by atoms with E-state index in [2.05, 4.69) is 40.7 Å². The highest BCUT2D eigenvalue weighted by atomic mass is 14.6. The van der Waals surface area contributed by atoms with Gasteiger partial charge in [-0.3, -0.25) is 0 Å². The third kappa shape index (κ3) is 3.70. The van der Waals surface area contributed by atoms with Crippen LogP contribution in [0.5, 0.6) is 0 Å². The molecule has 4 aliphatic carbocycles. The van der Waals surface area contributed by atoms with Gasteiger partial charge in [-0.15, -0.1) is 0 Å². The minimum atomic E-state index is 0.348. The maximum absolute atomic E-state index is 9.48. The third-order valence-electron chi connectivity index (χ3n) is 11.0. The Morgan fingerprint density at radius 2 is 1.59 bits per heavy atom. The number of hydrogen-bond donors (Lipinski definition) is 0. The quantitative estimate of drug-likeness (QED) is 0.458. The normalized spacial score (nSPS) is 47.8. The SMILES string of the molecule is CC(C)CCCC(C)C1CCC2C3CCC4CC(C#N)CCC4(C)C3CCC12C. The maximum Gasteiger partial charge on any atom is 0.0655 e. The molecule has 9 atom stereocenters. The van der Waals surface area contributed by atoms with Crippen LogP contribution in [0.4, 0.5) is 0 Å². The zero-order valence-electron chi connectivity index (χ0n) is 20.1. The molecular formula is C28H47N. The molecule has 1 nitrogen and oxygen atoms in total. The average molecular weight is 398 g/mol. The Kier molecular flexibility index (Phi) is 6.14. The van der Waals surface area contributed by atoms with Crippen molar-refractivity contribution in [2.45, 2.75) is 112 Å². The van der Waals surface area contributed by atoms with Crippen LogP contribution >= 0.6 is 0 Å². The van der Waals surface area contributed by atoms with Crippen molar-refractivity contribution in [1.82, 2.24) is 0 Å². The van der Waals surface area contributed by atoms with Gasteiger partial charge in [-0.1, -0.05) is 53.9 Å². The number of rotatable bonds is 5. The van der Waals surface area contributed by atoms with E-state index in [1.165, 1.54) is 77.0 Å². The van der Waals surface area contributed by atoms with Crippen molar-refractivity contribution in [1.29, 1.82) is 5.26 Å². The predicted molar refractivity (Wildman–Crippen MR) is 122 cm³/mol. The summed E-state index contributed by atoms with van der Waals surface area (Å²) in [7, 11) is 0. The molecule has 0 aliphatic heterocycles. The van der Waals surface area contributed by atoms with E-state index in [1.807, 2.05) is 0 Å². The molecule has 0 amide bonds. The molecule has 4 aliphatic rings. The van der Waals surface area contributed by atoms with Crippen LogP contribution in [0.25, 0.3) is 0 Å². The number of hydrogen-bond acceptors (Lipinski definition) is 1. The second-order valence-electron chi connectivity index (χ2n) is 12.8. The van der Waals surface area contributed by atoms with Crippen LogP contribution in [-0.2, 0) is 0 Å². The van der Waals surface area contributed by atoms with Gasteiger partial charge in [-0.25, -0.2) is 0 Å². The van der Waals surface area contributed by atoms with Crippen LogP contribution < -0.4 is 0 Å². The lowest BCUT2D eigenvalue weighted by molar-refractivity contribution is -0.118. The molecule has 0 N–H and O–H groups in total. The highest BCUT2D eigenvalue weighted by molar-refractivity contribution is 5.10. The molecule has 0 aromatic rings. The summed E-state index contributed by atoms with van der Waals surface area (Å²) >= 11 is 0. The molecule has 0 heterocycles. The number of nitriles is 1. The standard InChI is InChI=1S/C28H47N/c1-19(2)7-6-8-20(3)24-11-12-25-23-10-9-22-17-21(18-29)13-15-27(22,4)26(23)14-16-28(24,25)5/h19-26H,6-17H2,1-5H3. The van der Waals surface area contributed by atoms with Gasteiger partial charge in [0, 0.05) is 5.92 Å². The smallest absolute Gasteiger partial charge is 0.0655 e. The van der Waals surface area contributed by atoms with Crippen molar-refractivity contribution in [3.8, 4) is 6.07 Å². The maximum atomic E-state index is 9.48. The van der Waals surface area contributed by atoms with Gasteiger partial charge in [0.15, 0.2) is 0 Å². The first-order valence-electron chi connectivity index (χ1n) is 13.2. The number of fused-ring (bicyclic) bond motifs is 5. The molecule has 9 unspecified atom stereocenters. The van der Waals surface area contributed by atoms with Crippen LogP contribution in [0.2, 0.25) is 0 Å². The van der Waals surface area contributed by atoms with Gasteiger partial charge in [0.1, 0.15) is 0 Å². The molecule has 1 heteroatoms. The largest absolute Gasteiger partial charge is 0.198 e. The fourth-order valence-electron chi connectivity index (χ4n) is 9.40. The van der Waals surface area contributed by atoms with Gasteiger partial charge in [0.25, 0.3) is 0 Å². The van der Waals surface area contributed by atoms with Gasteiger partial charge in [0.2, 0.25) is 0 Å². The first kappa shape index (κ1) is 21.7. The molecule has 0 saturated heterocycles. The molecule has 0 bridgehead atoms. The first-order chi connectivity index (χ1) is 13.8. The Hall–Kier alpha value is -0.510. The van der Waals surface area contributed by atoms with Crippen LogP contribution in [0.15, 0.2) is 0 Å². The van der Waals surface area contributed by atoms with Gasteiger partial charge >= 0.3 is 0 Å². The van der Waals surface area contributed by atoms with E-state index >= 15 is 0 Å². The Bertz CT molecular complexity index is 616. The molecular weight excluding hydrogens is 350 g/mol. The second kappa shape index (κ2) is 8.20. The Morgan fingerprint density at radius 3 is 2.31 bits per heavy atom. The molecule has 4 fully saturated rings. The zero-order chi connectivity index (χ0) is 20.8. The van der Waals surface area contributed by atoms with Crippen molar-refractivity contribution < 1.29 is 0 Å². The third-order valence-corrected chi connectivity index (χ3v) is 11.0. The summed E-state index contributed by atoms with van der Waals surface area (Å²) in [5.74, 6) is 6.86. The summed E-state index contributed by atoms with van der Waals surface area (Å²) in [5, 5.41) is 9.48. The molecule has 29 heavy (non-hydrogen) atoms. The molecule has 164 valence electrons. The average Bonchev–Trinajstić information content (AvgIpc) is 3.04. The van der Waals surface area contributed by atoms with Gasteiger partial charge in [-0.2, -0.15) is 5.26 Å². The lowest BCUT2D eigenvalue weighted by Gasteiger charge is -2.61. The molecule has 4 rings (SSSR count). The van der Waals surface area contributed by atoms with E-state index in [0.717, 1.165) is 41.4 Å². The minimum absolute atomic E-state index is 0.348. The Balaban J connectivity index is 1.46. The second-order valence-corrected chi connectivity index (χ2v) is 12.8. The molecule has 0 aromatic heterocycles. The summed E-state index contributed by atoms with van der Waals surface area (Å²) in [5.41, 5.74) is 1.16. The van der Waals surface area contributed by atoms with Crippen molar-refractivity contribution in [2.75, 3.05) is 0 Å². The Labute approximate surface area is 181 Å². The summed E-state index contributed by atoms with van der Waals surface area (Å²) in [6.45, 7) is 12.7. The van der Waals surface area contributed by atoms with E-state index < -0.39 is 0 Å². The van der Waals surface area contributed by atoms with Crippen molar-refractivity contribution in [2.24, 2.45) is 58.2 Å². The topological polar surface area (TPSA) is 23.8 Å². The van der Waals surface area contributed by atoms with E-state index in [-0.39, 0.29) is 0 Å². The highest BCUT2D eigenvalue weighted by Gasteiger charge is 2.60. The van der Waals surface area contributed by atoms with Crippen LogP contribution in [0, 0.1) is 69.5 Å². The zero-order valence-corrected chi connectivity index (χ0v) is 20.1. The van der Waals surface area contributed by atoms with Crippen molar-refractivity contribution in [3.63, 3.8) is 0 Å². The summed E-state index contributed by atoms with van der Waals surface area (Å²) in [4.78, 5) is 0. The molecule has 0 spiro atoms. The van der Waals surface area contributed by atoms with Crippen LogP contribution in [0.3, 0.4) is 0 Å². The van der Waals surface area contributed by atoms with Crippen LogP contribution in [0.1, 0.15) is 112 Å². The fourth-order valence-corrected chi connectivity index (χ4v) is 9.40. The predicted octanol–water partition coefficient (Wildman–Crippen LogP) is 8.25. The lowest BCUT2D eigenvalue weighted by atomic mass is 9.44. The summed E-state index contributed by atoms with van der Waals surface area (Å²) < 4.78 is 0. The van der Waals surface area contributed by atoms with E-state index in [4.69, 9.17) is 0 Å². The molecule has 0 aromatic carbocycles. The van der Waals surface area contributed by atoms with Gasteiger partial charge in [0.05, 0.1) is 6.07 Å². The van der Waals surface area contributed by atoms with Crippen molar-refractivity contribution >= 4 is 0 Å². The molecule has 0 radical (unpaired) electrons.